The molecule has 0 N–H and O–H groups in total. The van der Waals surface area contributed by atoms with Crippen LogP contribution in [0.25, 0.3) is 0 Å². The number of esters is 1. The first kappa shape index (κ1) is 16.8. The first-order valence-corrected chi connectivity index (χ1v) is 9.56. The lowest BCUT2D eigenvalue weighted by Crippen LogP contribution is -2.47. The van der Waals surface area contributed by atoms with Gasteiger partial charge in [0.05, 0.1) is 0 Å². The molecule has 1 saturated heterocycles. The highest BCUT2D eigenvalue weighted by atomic mass is 16.5. The van der Waals surface area contributed by atoms with E-state index in [0.29, 0.717) is 13.0 Å². The van der Waals surface area contributed by atoms with Gasteiger partial charge in [0, 0.05) is 13.0 Å². The van der Waals surface area contributed by atoms with E-state index in [0.717, 1.165) is 31.1 Å². The number of amides is 1. The molecule has 2 aliphatic carbocycles. The summed E-state index contributed by atoms with van der Waals surface area (Å²) < 4.78 is 5.89. The lowest BCUT2D eigenvalue weighted by atomic mass is 9.70. The van der Waals surface area contributed by atoms with Crippen LogP contribution in [0.4, 0.5) is 0 Å². The average Bonchev–Trinajstić information content (AvgIpc) is 2.93. The van der Waals surface area contributed by atoms with Gasteiger partial charge in [0.15, 0.2) is 0 Å². The van der Waals surface area contributed by atoms with Gasteiger partial charge in [-0.2, -0.15) is 0 Å². The van der Waals surface area contributed by atoms with Gasteiger partial charge in [-0.1, -0.05) is 39.5 Å². The zero-order chi connectivity index (χ0) is 16.4. The molecule has 4 nitrogen and oxygen atoms in total. The topological polar surface area (TPSA) is 46.6 Å². The van der Waals surface area contributed by atoms with Crippen molar-refractivity contribution in [1.82, 2.24) is 4.90 Å². The van der Waals surface area contributed by atoms with Gasteiger partial charge in [0.25, 0.3) is 0 Å². The van der Waals surface area contributed by atoms with Crippen molar-refractivity contribution >= 4 is 11.9 Å². The summed E-state index contributed by atoms with van der Waals surface area (Å²) in [6.45, 7) is 4.72. The summed E-state index contributed by atoms with van der Waals surface area (Å²) in [7, 11) is 0. The Morgan fingerprint density at radius 2 is 1.83 bits per heavy atom. The van der Waals surface area contributed by atoms with Crippen LogP contribution in [-0.2, 0) is 14.3 Å². The molecule has 1 aliphatic heterocycles. The number of hydrogen-bond donors (Lipinski definition) is 0. The quantitative estimate of drug-likeness (QED) is 0.744. The second kappa shape index (κ2) is 7.23. The van der Waals surface area contributed by atoms with Crippen molar-refractivity contribution in [3.05, 3.63) is 0 Å². The maximum Gasteiger partial charge on any atom is 0.329 e. The molecule has 3 aliphatic rings. The van der Waals surface area contributed by atoms with Gasteiger partial charge in [0.1, 0.15) is 12.1 Å². The smallest absolute Gasteiger partial charge is 0.329 e. The fraction of sp³-hybridized carbons (Fsp3) is 0.895. The summed E-state index contributed by atoms with van der Waals surface area (Å²) in [5.41, 5.74) is 0. The van der Waals surface area contributed by atoms with E-state index in [1.165, 1.54) is 32.1 Å². The first-order valence-electron chi connectivity index (χ1n) is 9.56. The highest BCUT2D eigenvalue weighted by Gasteiger charge is 2.39. The molecule has 3 rings (SSSR count). The molecule has 0 unspecified atom stereocenters. The van der Waals surface area contributed by atoms with Crippen molar-refractivity contribution in [3.8, 4) is 0 Å². The molecule has 0 aromatic heterocycles. The minimum absolute atomic E-state index is 0.0702. The van der Waals surface area contributed by atoms with E-state index in [2.05, 4.69) is 0 Å². The van der Waals surface area contributed by atoms with E-state index in [-0.39, 0.29) is 23.9 Å². The molecule has 4 heteroatoms. The molecular weight excluding hydrogens is 290 g/mol. The molecule has 130 valence electrons. The standard InChI is InChI=1S/C19H31NO3/c1-13(2)18(20-11-5-8-17(20)21)19(22)23-16-10-9-14-6-3-4-7-15(14)12-16/h13-16,18H,3-12H2,1-2H3/t14-,15+,16-,18-/m1/s1. The Kier molecular flexibility index (Phi) is 5.27. The molecule has 0 radical (unpaired) electrons. The highest BCUT2D eigenvalue weighted by molar-refractivity contribution is 5.86. The van der Waals surface area contributed by atoms with Crippen molar-refractivity contribution in [2.24, 2.45) is 17.8 Å². The summed E-state index contributed by atoms with van der Waals surface area (Å²) in [4.78, 5) is 26.5. The van der Waals surface area contributed by atoms with Crippen molar-refractivity contribution in [2.75, 3.05) is 6.54 Å². The fourth-order valence-electron chi connectivity index (χ4n) is 4.89. The van der Waals surface area contributed by atoms with Crippen LogP contribution in [0.2, 0.25) is 0 Å². The van der Waals surface area contributed by atoms with Crippen molar-refractivity contribution < 1.29 is 14.3 Å². The second-order valence-electron chi connectivity index (χ2n) is 8.06. The van der Waals surface area contributed by atoms with Gasteiger partial charge in [-0.15, -0.1) is 0 Å². The minimum Gasteiger partial charge on any atom is -0.461 e. The lowest BCUT2D eigenvalue weighted by molar-refractivity contribution is -0.163. The Balaban J connectivity index is 1.59. The number of carbonyl (C=O) groups excluding carboxylic acids is 2. The SMILES string of the molecule is CC(C)[C@H](C(=O)O[C@@H]1CC[C@H]2CCCC[C@H]2C1)N1CCCC1=O. The number of ether oxygens (including phenoxy) is 1. The van der Waals surface area contributed by atoms with Crippen LogP contribution in [0.1, 0.15) is 71.6 Å². The molecule has 0 spiro atoms. The third-order valence-electron chi connectivity index (χ3n) is 6.09. The Morgan fingerprint density at radius 1 is 1.09 bits per heavy atom. The van der Waals surface area contributed by atoms with Crippen LogP contribution in [0.15, 0.2) is 0 Å². The van der Waals surface area contributed by atoms with Gasteiger partial charge in [-0.3, -0.25) is 4.79 Å². The Labute approximate surface area is 139 Å². The van der Waals surface area contributed by atoms with E-state index < -0.39 is 6.04 Å². The Hall–Kier alpha value is -1.06. The van der Waals surface area contributed by atoms with Crippen LogP contribution in [-0.4, -0.2) is 35.5 Å². The maximum absolute atomic E-state index is 12.7. The summed E-state index contributed by atoms with van der Waals surface area (Å²) in [6.07, 6.45) is 10.1. The van der Waals surface area contributed by atoms with Gasteiger partial charge in [-0.25, -0.2) is 4.79 Å². The van der Waals surface area contributed by atoms with Gasteiger partial charge in [-0.05, 0) is 43.4 Å². The molecular formula is C19H31NO3. The Morgan fingerprint density at radius 3 is 2.48 bits per heavy atom. The Bertz CT molecular complexity index is 448. The van der Waals surface area contributed by atoms with Crippen molar-refractivity contribution in [2.45, 2.75) is 83.8 Å². The first-order chi connectivity index (χ1) is 11.1. The van der Waals surface area contributed by atoms with Gasteiger partial charge < -0.3 is 9.64 Å². The number of fused-ring (bicyclic) bond motifs is 1. The zero-order valence-electron chi connectivity index (χ0n) is 14.6. The number of hydrogen-bond acceptors (Lipinski definition) is 3. The zero-order valence-corrected chi connectivity index (χ0v) is 14.6. The fourth-order valence-corrected chi connectivity index (χ4v) is 4.89. The van der Waals surface area contributed by atoms with E-state index in [1.807, 2.05) is 13.8 Å². The molecule has 4 atom stereocenters. The third-order valence-corrected chi connectivity index (χ3v) is 6.09. The van der Waals surface area contributed by atoms with Crippen LogP contribution in [0.5, 0.6) is 0 Å². The molecule has 0 aromatic carbocycles. The van der Waals surface area contributed by atoms with Gasteiger partial charge in [0.2, 0.25) is 5.91 Å². The predicted molar refractivity (Wildman–Crippen MR) is 88.8 cm³/mol. The van der Waals surface area contributed by atoms with Crippen molar-refractivity contribution in [3.63, 3.8) is 0 Å². The summed E-state index contributed by atoms with van der Waals surface area (Å²) in [6, 6.07) is -0.394. The van der Waals surface area contributed by atoms with Crippen LogP contribution in [0.3, 0.4) is 0 Å². The summed E-state index contributed by atoms with van der Waals surface area (Å²) in [5, 5.41) is 0. The number of likely N-dealkylation sites (tertiary alicyclic amines) is 1. The lowest BCUT2D eigenvalue weighted by Gasteiger charge is -2.39. The normalized spacial score (nSPS) is 32.7. The van der Waals surface area contributed by atoms with Crippen LogP contribution < -0.4 is 0 Å². The number of nitrogens with zero attached hydrogens (tertiary/aromatic N) is 1. The number of rotatable bonds is 4. The van der Waals surface area contributed by atoms with E-state index >= 15 is 0 Å². The van der Waals surface area contributed by atoms with E-state index in [4.69, 9.17) is 4.74 Å². The highest BCUT2D eigenvalue weighted by Crippen LogP contribution is 2.41. The molecule has 3 fully saturated rings. The van der Waals surface area contributed by atoms with Crippen LogP contribution in [0, 0.1) is 17.8 Å². The third kappa shape index (κ3) is 3.72. The largest absolute Gasteiger partial charge is 0.461 e. The number of carbonyl (C=O) groups is 2. The molecule has 1 heterocycles. The maximum atomic E-state index is 12.7. The minimum atomic E-state index is -0.394. The summed E-state index contributed by atoms with van der Waals surface area (Å²) >= 11 is 0. The van der Waals surface area contributed by atoms with Crippen molar-refractivity contribution in [1.29, 1.82) is 0 Å². The molecule has 0 aromatic rings. The predicted octanol–water partition coefficient (Wildman–Crippen LogP) is 3.54. The van der Waals surface area contributed by atoms with Crippen LogP contribution >= 0.6 is 0 Å². The molecule has 1 amide bonds. The molecule has 2 saturated carbocycles. The summed E-state index contributed by atoms with van der Waals surface area (Å²) in [5.74, 6) is 1.66. The van der Waals surface area contributed by atoms with E-state index in [9.17, 15) is 9.59 Å². The molecule has 23 heavy (non-hydrogen) atoms. The second-order valence-corrected chi connectivity index (χ2v) is 8.06. The van der Waals surface area contributed by atoms with E-state index in [1.54, 1.807) is 4.90 Å². The monoisotopic (exact) mass is 321 g/mol. The van der Waals surface area contributed by atoms with Gasteiger partial charge >= 0.3 is 5.97 Å². The molecule has 0 bridgehead atoms. The average molecular weight is 321 g/mol.